The number of amides is 2. The molecule has 2 aromatic rings. The Hall–Kier alpha value is -3.77. The molecule has 2 amide bonds. The number of benzene rings is 2. The average molecular weight is 476 g/mol. The molecule has 174 valence electrons. The Bertz CT molecular complexity index is 1200. The van der Waals surface area contributed by atoms with Crippen molar-refractivity contribution < 1.29 is 14.3 Å². The Morgan fingerprint density at radius 3 is 2.71 bits per heavy atom. The van der Waals surface area contributed by atoms with Gasteiger partial charge < -0.3 is 20.3 Å². The van der Waals surface area contributed by atoms with Gasteiger partial charge in [0.1, 0.15) is 0 Å². The largest absolute Gasteiger partial charge is 0.463 e. The quantitative estimate of drug-likeness (QED) is 0.597. The summed E-state index contributed by atoms with van der Waals surface area (Å²) in [5, 5.41) is 15.4. The summed E-state index contributed by atoms with van der Waals surface area (Å²) in [4.78, 5) is 32.3. The first kappa shape index (κ1) is 23.4. The Morgan fingerprint density at radius 1 is 1.21 bits per heavy atom. The number of fused-ring (bicyclic) bond motifs is 1. The van der Waals surface area contributed by atoms with E-state index in [9.17, 15) is 9.59 Å². The fraction of sp³-hybridized carbons (Fsp3) is 0.280. The molecule has 1 atom stereocenters. The molecule has 34 heavy (non-hydrogen) atoms. The summed E-state index contributed by atoms with van der Waals surface area (Å²) < 4.78 is 5.36. The van der Waals surface area contributed by atoms with Crippen molar-refractivity contribution in [2.24, 2.45) is 4.99 Å². The third kappa shape index (κ3) is 5.07. The van der Waals surface area contributed by atoms with Crippen LogP contribution in [0.4, 0.5) is 16.2 Å². The van der Waals surface area contributed by atoms with Crippen molar-refractivity contribution in [3.63, 3.8) is 0 Å². The van der Waals surface area contributed by atoms with Gasteiger partial charge in [0.2, 0.25) is 0 Å². The lowest BCUT2D eigenvalue weighted by atomic mass is 9.94. The van der Waals surface area contributed by atoms with Crippen LogP contribution < -0.4 is 10.6 Å². The molecule has 0 aliphatic carbocycles. The van der Waals surface area contributed by atoms with Gasteiger partial charge >= 0.3 is 12.0 Å². The van der Waals surface area contributed by atoms with Crippen molar-refractivity contribution in [3.05, 3.63) is 70.9 Å². The maximum atomic E-state index is 12.9. The van der Waals surface area contributed by atoms with Crippen LogP contribution in [0.2, 0.25) is 0 Å². The highest BCUT2D eigenvalue weighted by Gasteiger charge is 2.37. The van der Waals surface area contributed by atoms with Gasteiger partial charge in [0, 0.05) is 23.7 Å². The lowest BCUT2D eigenvalue weighted by Gasteiger charge is -2.40. The summed E-state index contributed by atoms with van der Waals surface area (Å²) in [5.74, 6) is 0.613. The molecule has 2 aromatic carbocycles. The van der Waals surface area contributed by atoms with Crippen LogP contribution in [0.1, 0.15) is 37.4 Å². The van der Waals surface area contributed by atoms with E-state index < -0.39 is 6.03 Å². The van der Waals surface area contributed by atoms with Gasteiger partial charge in [-0.2, -0.15) is 5.26 Å². The number of hydrogen-bond donors (Lipinski definition) is 2. The van der Waals surface area contributed by atoms with Gasteiger partial charge in [0.25, 0.3) is 0 Å². The number of anilines is 2. The van der Waals surface area contributed by atoms with E-state index in [1.807, 2.05) is 31.2 Å². The molecule has 9 heteroatoms. The van der Waals surface area contributed by atoms with Gasteiger partial charge in [-0.05, 0) is 62.2 Å². The van der Waals surface area contributed by atoms with Crippen LogP contribution in [-0.2, 0) is 9.53 Å². The van der Waals surface area contributed by atoms with Gasteiger partial charge in [0.05, 0.1) is 35.6 Å². The van der Waals surface area contributed by atoms with Crippen LogP contribution in [0, 0.1) is 11.3 Å². The van der Waals surface area contributed by atoms with E-state index in [0.29, 0.717) is 28.2 Å². The first-order valence-electron chi connectivity index (χ1n) is 11.0. The number of nitrogens with zero attached hydrogens (tertiary/aromatic N) is 3. The molecule has 0 saturated carbocycles. The van der Waals surface area contributed by atoms with E-state index in [-0.39, 0.29) is 18.6 Å². The van der Waals surface area contributed by atoms with Crippen molar-refractivity contribution in [2.45, 2.75) is 26.3 Å². The second kappa shape index (κ2) is 10.4. The van der Waals surface area contributed by atoms with Crippen molar-refractivity contribution in [3.8, 4) is 6.07 Å². The van der Waals surface area contributed by atoms with Crippen molar-refractivity contribution in [1.29, 1.82) is 5.26 Å². The predicted molar refractivity (Wildman–Crippen MR) is 134 cm³/mol. The first-order valence-corrected chi connectivity index (χ1v) is 12.0. The van der Waals surface area contributed by atoms with Gasteiger partial charge in [-0.3, -0.25) is 0 Å². The van der Waals surface area contributed by atoms with Crippen molar-refractivity contribution >= 4 is 40.3 Å². The molecule has 1 fully saturated rings. The fourth-order valence-corrected chi connectivity index (χ4v) is 5.01. The van der Waals surface area contributed by atoms with Gasteiger partial charge in [0.15, 0.2) is 5.17 Å². The zero-order chi connectivity index (χ0) is 24.1. The number of aliphatic imine (C=N–C) groups is 1. The number of nitrogens with one attached hydrogen (secondary N) is 2. The maximum absolute atomic E-state index is 12.9. The number of rotatable bonds is 5. The molecule has 2 aliphatic rings. The zero-order valence-corrected chi connectivity index (χ0v) is 19.8. The van der Waals surface area contributed by atoms with Crippen molar-refractivity contribution in [1.82, 2.24) is 4.90 Å². The maximum Gasteiger partial charge on any atom is 0.338 e. The number of carbonyl (C=O) groups excluding carboxylic acids is 2. The third-order valence-electron chi connectivity index (χ3n) is 5.49. The van der Waals surface area contributed by atoms with Crippen LogP contribution in [0.3, 0.4) is 0 Å². The Morgan fingerprint density at radius 2 is 1.97 bits per heavy atom. The van der Waals surface area contributed by atoms with E-state index >= 15 is 0 Å². The summed E-state index contributed by atoms with van der Waals surface area (Å²) in [6.45, 7) is 4.69. The number of nitriles is 1. The highest BCUT2D eigenvalue weighted by atomic mass is 32.2. The van der Waals surface area contributed by atoms with E-state index in [1.165, 1.54) is 0 Å². The Labute approximate surface area is 202 Å². The zero-order valence-electron chi connectivity index (χ0n) is 19.0. The number of hydrogen-bond acceptors (Lipinski definition) is 7. The van der Waals surface area contributed by atoms with Crippen LogP contribution in [-0.4, -0.2) is 41.0 Å². The molecule has 0 aromatic heterocycles. The molecule has 2 N–H and O–H groups in total. The van der Waals surface area contributed by atoms with Crippen LogP contribution in [0.25, 0.3) is 0 Å². The highest BCUT2D eigenvalue weighted by Crippen LogP contribution is 2.40. The number of esters is 1. The first-order chi connectivity index (χ1) is 16.5. The lowest BCUT2D eigenvalue weighted by molar-refractivity contribution is -0.139. The lowest BCUT2D eigenvalue weighted by Crippen LogP contribution is -2.42. The topological polar surface area (TPSA) is 107 Å². The van der Waals surface area contributed by atoms with Crippen LogP contribution >= 0.6 is 11.8 Å². The summed E-state index contributed by atoms with van der Waals surface area (Å²) in [5.41, 5.74) is 3.74. The van der Waals surface area contributed by atoms with Gasteiger partial charge in [-0.15, -0.1) is 0 Å². The third-order valence-corrected chi connectivity index (χ3v) is 6.56. The number of ether oxygens (including phenoxy) is 1. The molecule has 0 bridgehead atoms. The summed E-state index contributed by atoms with van der Waals surface area (Å²) in [6, 6.07) is 15.4. The summed E-state index contributed by atoms with van der Waals surface area (Å²) >= 11 is 1.68. The monoisotopic (exact) mass is 475 g/mol. The Kier molecular flexibility index (Phi) is 7.18. The van der Waals surface area contributed by atoms with Crippen molar-refractivity contribution in [2.75, 3.05) is 29.5 Å². The molecule has 1 unspecified atom stereocenters. The minimum absolute atomic E-state index is 0.283. The summed E-state index contributed by atoms with van der Waals surface area (Å²) in [6.07, 6.45) is 0.986. The number of thioether (sulfide) groups is 1. The smallest absolute Gasteiger partial charge is 0.338 e. The molecule has 1 saturated heterocycles. The molecule has 0 radical (unpaired) electrons. The van der Waals surface area contributed by atoms with Crippen LogP contribution in [0.5, 0.6) is 0 Å². The number of urea groups is 1. The Balaban J connectivity index is 1.59. The molecular weight excluding hydrogens is 450 g/mol. The molecule has 2 heterocycles. The van der Waals surface area contributed by atoms with E-state index in [1.54, 1.807) is 49.0 Å². The van der Waals surface area contributed by atoms with E-state index in [0.717, 1.165) is 29.4 Å². The summed E-state index contributed by atoms with van der Waals surface area (Å²) in [7, 11) is 0. The van der Waals surface area contributed by atoms with Gasteiger partial charge in [-0.25, -0.2) is 14.6 Å². The molecule has 2 aliphatic heterocycles. The van der Waals surface area contributed by atoms with Crippen LogP contribution in [0.15, 0.2) is 64.8 Å². The van der Waals surface area contributed by atoms with E-state index in [4.69, 9.17) is 10.00 Å². The highest BCUT2D eigenvalue weighted by molar-refractivity contribution is 8.13. The minimum Gasteiger partial charge on any atom is -0.463 e. The second-order valence-electron chi connectivity index (χ2n) is 7.81. The van der Waals surface area contributed by atoms with E-state index in [2.05, 4.69) is 20.5 Å². The SMILES string of the molecule is CCOC(=O)C1=C(C)N=C2SCCCN2C1c1cccc(NC(=O)Nc2ccc(C#N)cc2)c1. The standard InChI is InChI=1S/C25H25N5O3S/c1-3-33-23(31)21-16(2)27-25-30(12-5-13-34-25)22(21)18-6-4-7-20(14-18)29-24(32)28-19-10-8-17(15-26)9-11-19/h4,6-11,14,22H,3,5,12-13H2,1-2H3,(H2,28,29,32). The number of amidine groups is 1. The predicted octanol–water partition coefficient (Wildman–Crippen LogP) is 4.89. The minimum atomic E-state index is -0.404. The average Bonchev–Trinajstić information content (AvgIpc) is 2.84. The molecular formula is C25H25N5O3S. The number of carbonyl (C=O) groups is 2. The van der Waals surface area contributed by atoms with Gasteiger partial charge in [-0.1, -0.05) is 23.9 Å². The molecule has 8 nitrogen and oxygen atoms in total. The normalized spacial score (nSPS) is 17.3. The molecule has 0 spiro atoms. The number of allylic oxidation sites excluding steroid dienone is 1. The fourth-order valence-electron chi connectivity index (χ4n) is 3.99. The molecule has 4 rings (SSSR count). The second-order valence-corrected chi connectivity index (χ2v) is 8.87.